The zero-order chi connectivity index (χ0) is 17.4. The number of hydrogen-bond donors (Lipinski definition) is 1. The molecule has 6 heteroatoms. The third-order valence-corrected chi connectivity index (χ3v) is 4.34. The van der Waals surface area contributed by atoms with Gasteiger partial charge in [0.25, 0.3) is 5.91 Å². The molecule has 2 amide bonds. The highest BCUT2D eigenvalue weighted by molar-refractivity contribution is 5.94. The van der Waals surface area contributed by atoms with Gasteiger partial charge in [0, 0.05) is 38.2 Å². The van der Waals surface area contributed by atoms with E-state index in [4.69, 9.17) is 5.73 Å². The van der Waals surface area contributed by atoms with Gasteiger partial charge in [-0.15, -0.1) is 0 Å². The first-order valence-corrected chi connectivity index (χ1v) is 8.64. The monoisotopic (exact) mass is 335 g/mol. The smallest absolute Gasteiger partial charge is 0.254 e. The van der Waals surface area contributed by atoms with E-state index in [0.29, 0.717) is 44.7 Å². The van der Waals surface area contributed by atoms with Gasteiger partial charge in [0.15, 0.2) is 0 Å². The number of rotatable bonds is 7. The number of halogens is 1. The van der Waals surface area contributed by atoms with Crippen molar-refractivity contribution in [2.24, 2.45) is 5.73 Å². The molecule has 1 aromatic carbocycles. The topological polar surface area (TPSA) is 66.6 Å². The Labute approximate surface area is 142 Å². The van der Waals surface area contributed by atoms with Crippen LogP contribution in [0.1, 0.15) is 42.5 Å². The Morgan fingerprint density at radius 2 is 1.67 bits per heavy atom. The van der Waals surface area contributed by atoms with Crippen molar-refractivity contribution in [3.8, 4) is 0 Å². The first kappa shape index (κ1) is 18.4. The largest absolute Gasteiger partial charge is 0.339 e. The molecule has 0 atom stereocenters. The Kier molecular flexibility index (Phi) is 7.18. The minimum absolute atomic E-state index is 0.153. The van der Waals surface area contributed by atoms with E-state index in [-0.39, 0.29) is 11.8 Å². The molecule has 132 valence electrons. The molecular weight excluding hydrogens is 309 g/mol. The van der Waals surface area contributed by atoms with Crippen LogP contribution in [0.2, 0.25) is 0 Å². The maximum absolute atomic E-state index is 13.2. The minimum Gasteiger partial charge on any atom is -0.339 e. The minimum atomic E-state index is -0.413. The van der Waals surface area contributed by atoms with Crippen LogP contribution in [0, 0.1) is 5.82 Å². The number of unbranched alkanes of at least 4 members (excludes halogenated alkanes) is 3. The zero-order valence-electron chi connectivity index (χ0n) is 14.0. The van der Waals surface area contributed by atoms with Gasteiger partial charge < -0.3 is 15.5 Å². The van der Waals surface area contributed by atoms with Crippen LogP contribution in [0.3, 0.4) is 0 Å². The van der Waals surface area contributed by atoms with E-state index in [0.717, 1.165) is 25.7 Å². The summed E-state index contributed by atoms with van der Waals surface area (Å²) >= 11 is 0. The second-order valence-electron chi connectivity index (χ2n) is 6.14. The van der Waals surface area contributed by atoms with E-state index < -0.39 is 5.82 Å². The van der Waals surface area contributed by atoms with Crippen molar-refractivity contribution in [2.75, 3.05) is 32.7 Å². The predicted octanol–water partition coefficient (Wildman–Crippen LogP) is 2.02. The molecule has 1 saturated heterocycles. The fraction of sp³-hybridized carbons (Fsp3) is 0.556. The Hall–Kier alpha value is -1.95. The van der Waals surface area contributed by atoms with E-state index in [1.165, 1.54) is 18.2 Å². The summed E-state index contributed by atoms with van der Waals surface area (Å²) in [5.74, 6) is -0.437. The highest BCUT2D eigenvalue weighted by Crippen LogP contribution is 2.12. The van der Waals surface area contributed by atoms with Crippen LogP contribution in [0.5, 0.6) is 0 Å². The average molecular weight is 335 g/mol. The van der Waals surface area contributed by atoms with Crippen molar-refractivity contribution in [3.05, 3.63) is 35.6 Å². The molecule has 5 nitrogen and oxygen atoms in total. The van der Waals surface area contributed by atoms with E-state index in [9.17, 15) is 14.0 Å². The number of carbonyl (C=O) groups is 2. The summed E-state index contributed by atoms with van der Waals surface area (Å²) in [6, 6.07) is 5.72. The molecule has 24 heavy (non-hydrogen) atoms. The van der Waals surface area contributed by atoms with Crippen LogP contribution in [-0.2, 0) is 4.79 Å². The summed E-state index contributed by atoms with van der Waals surface area (Å²) in [7, 11) is 0. The normalized spacial score (nSPS) is 14.8. The maximum atomic E-state index is 13.2. The van der Waals surface area contributed by atoms with Crippen LogP contribution < -0.4 is 5.73 Å². The molecule has 1 aliphatic rings. The molecule has 2 rings (SSSR count). The molecular formula is C18H26FN3O2. The van der Waals surface area contributed by atoms with Gasteiger partial charge in [-0.05, 0) is 37.6 Å². The quantitative estimate of drug-likeness (QED) is 0.775. The number of piperazine rings is 1. The van der Waals surface area contributed by atoms with Crippen molar-refractivity contribution in [3.63, 3.8) is 0 Å². The van der Waals surface area contributed by atoms with Gasteiger partial charge in [0.1, 0.15) is 5.82 Å². The van der Waals surface area contributed by atoms with Crippen molar-refractivity contribution in [2.45, 2.75) is 32.1 Å². The van der Waals surface area contributed by atoms with Gasteiger partial charge in [-0.2, -0.15) is 0 Å². The fourth-order valence-corrected chi connectivity index (χ4v) is 2.90. The third kappa shape index (κ3) is 5.30. The van der Waals surface area contributed by atoms with E-state index >= 15 is 0 Å². The lowest BCUT2D eigenvalue weighted by Gasteiger charge is -2.35. The summed E-state index contributed by atoms with van der Waals surface area (Å²) in [5.41, 5.74) is 5.80. The lowest BCUT2D eigenvalue weighted by Crippen LogP contribution is -2.50. The Morgan fingerprint density at radius 1 is 1.00 bits per heavy atom. The second-order valence-corrected chi connectivity index (χ2v) is 6.14. The van der Waals surface area contributed by atoms with E-state index in [2.05, 4.69) is 0 Å². The number of amides is 2. The van der Waals surface area contributed by atoms with Crippen molar-refractivity contribution >= 4 is 11.8 Å². The molecule has 0 spiro atoms. The van der Waals surface area contributed by atoms with E-state index in [1.54, 1.807) is 11.0 Å². The van der Waals surface area contributed by atoms with Gasteiger partial charge in [0.05, 0.1) is 0 Å². The summed E-state index contributed by atoms with van der Waals surface area (Å²) < 4.78 is 13.2. The average Bonchev–Trinajstić information content (AvgIpc) is 2.61. The molecule has 0 saturated carbocycles. The Bertz CT molecular complexity index is 557. The molecule has 1 fully saturated rings. The SMILES string of the molecule is NCCCCCCC(=O)N1CCN(C(=O)c2cccc(F)c2)CC1. The summed E-state index contributed by atoms with van der Waals surface area (Å²) in [6.45, 7) is 2.78. The van der Waals surface area contributed by atoms with Gasteiger partial charge >= 0.3 is 0 Å². The number of hydrogen-bond acceptors (Lipinski definition) is 3. The maximum Gasteiger partial charge on any atom is 0.254 e. The Morgan fingerprint density at radius 3 is 2.33 bits per heavy atom. The molecule has 1 aromatic rings. The third-order valence-electron chi connectivity index (χ3n) is 4.34. The summed E-state index contributed by atoms with van der Waals surface area (Å²) in [5, 5.41) is 0. The van der Waals surface area contributed by atoms with Crippen LogP contribution in [0.15, 0.2) is 24.3 Å². The van der Waals surface area contributed by atoms with Crippen molar-refractivity contribution < 1.29 is 14.0 Å². The van der Waals surface area contributed by atoms with Gasteiger partial charge in [-0.1, -0.05) is 18.9 Å². The molecule has 1 aliphatic heterocycles. The van der Waals surface area contributed by atoms with E-state index in [1.807, 2.05) is 4.90 Å². The highest BCUT2D eigenvalue weighted by atomic mass is 19.1. The lowest BCUT2D eigenvalue weighted by molar-refractivity contribution is -0.132. The molecule has 0 aromatic heterocycles. The van der Waals surface area contributed by atoms with Crippen molar-refractivity contribution in [1.29, 1.82) is 0 Å². The van der Waals surface area contributed by atoms with Crippen LogP contribution in [0.4, 0.5) is 4.39 Å². The molecule has 0 bridgehead atoms. The first-order chi connectivity index (χ1) is 11.6. The lowest BCUT2D eigenvalue weighted by atomic mass is 10.1. The molecule has 1 heterocycles. The summed E-state index contributed by atoms with van der Waals surface area (Å²) in [6.07, 6.45) is 4.55. The fourth-order valence-electron chi connectivity index (χ4n) is 2.90. The molecule has 0 unspecified atom stereocenters. The molecule has 2 N–H and O–H groups in total. The number of nitrogens with two attached hydrogens (primary N) is 1. The Balaban J connectivity index is 1.74. The molecule has 0 aliphatic carbocycles. The van der Waals surface area contributed by atoms with Gasteiger partial charge in [0.2, 0.25) is 5.91 Å². The number of benzene rings is 1. The number of carbonyl (C=O) groups excluding carboxylic acids is 2. The van der Waals surface area contributed by atoms with Gasteiger partial charge in [-0.25, -0.2) is 4.39 Å². The summed E-state index contributed by atoms with van der Waals surface area (Å²) in [4.78, 5) is 28.0. The number of nitrogens with zero attached hydrogens (tertiary/aromatic N) is 2. The first-order valence-electron chi connectivity index (χ1n) is 8.64. The van der Waals surface area contributed by atoms with Crippen LogP contribution >= 0.6 is 0 Å². The predicted molar refractivity (Wildman–Crippen MR) is 91.0 cm³/mol. The second kappa shape index (κ2) is 9.37. The van der Waals surface area contributed by atoms with Crippen molar-refractivity contribution in [1.82, 2.24) is 9.80 Å². The zero-order valence-corrected chi connectivity index (χ0v) is 14.0. The van der Waals surface area contributed by atoms with Crippen LogP contribution in [-0.4, -0.2) is 54.3 Å². The van der Waals surface area contributed by atoms with Crippen LogP contribution in [0.25, 0.3) is 0 Å². The highest BCUT2D eigenvalue weighted by Gasteiger charge is 2.24. The standard InChI is InChI=1S/C18H26FN3O2/c19-16-7-5-6-15(14-16)18(24)22-12-10-21(11-13-22)17(23)8-3-1-2-4-9-20/h5-7,14H,1-4,8-13,20H2. The van der Waals surface area contributed by atoms with Gasteiger partial charge in [-0.3, -0.25) is 9.59 Å². The molecule has 0 radical (unpaired) electrons.